The molecule has 1 aliphatic heterocycles. The molecule has 0 saturated carbocycles. The fraction of sp³-hybridized carbons (Fsp3) is 0.444. The van der Waals surface area contributed by atoms with Crippen LogP contribution in [0.5, 0.6) is 0 Å². The van der Waals surface area contributed by atoms with Gasteiger partial charge in [0.05, 0.1) is 21.5 Å². The second-order valence-corrected chi connectivity index (χ2v) is 11.0. The first kappa shape index (κ1) is 24.5. The second kappa shape index (κ2) is 10.3. The summed E-state index contributed by atoms with van der Waals surface area (Å²) in [5.74, 6) is -0.476. The molecule has 2 heterocycles. The first-order chi connectivity index (χ1) is 16.4. The molecule has 0 aliphatic carbocycles. The average Bonchev–Trinajstić information content (AvgIpc) is 3.13. The van der Waals surface area contributed by atoms with Crippen LogP contribution in [0.4, 0.5) is 10.1 Å². The van der Waals surface area contributed by atoms with Crippen LogP contribution in [0, 0.1) is 5.82 Å². The highest BCUT2D eigenvalue weighted by Gasteiger charge is 2.25. The fourth-order valence-electron chi connectivity index (χ4n) is 4.66. The summed E-state index contributed by atoms with van der Waals surface area (Å²) in [5, 5.41) is 0.110. The van der Waals surface area contributed by atoms with Gasteiger partial charge in [0, 0.05) is 25.8 Å². The Balaban J connectivity index is 1.89. The van der Waals surface area contributed by atoms with Crippen molar-refractivity contribution in [1.82, 2.24) is 4.57 Å². The Morgan fingerprint density at radius 1 is 0.971 bits per heavy atom. The van der Waals surface area contributed by atoms with E-state index in [0.29, 0.717) is 17.7 Å². The molecule has 4 rings (SSSR count). The van der Waals surface area contributed by atoms with Gasteiger partial charge in [0.25, 0.3) is 0 Å². The summed E-state index contributed by atoms with van der Waals surface area (Å²) in [6.07, 6.45) is 8.25. The number of anilines is 1. The van der Waals surface area contributed by atoms with E-state index in [-0.39, 0.29) is 15.2 Å². The number of hydrogen-bond donors (Lipinski definition) is 0. The van der Waals surface area contributed by atoms with E-state index in [2.05, 4.69) is 11.8 Å². The maximum atomic E-state index is 15.3. The van der Waals surface area contributed by atoms with Gasteiger partial charge in [-0.05, 0) is 55.5 Å². The molecule has 182 valence electrons. The molecule has 34 heavy (non-hydrogen) atoms. The van der Waals surface area contributed by atoms with Gasteiger partial charge >= 0.3 is 0 Å². The van der Waals surface area contributed by atoms with Crippen LogP contribution in [-0.4, -0.2) is 26.1 Å². The Hall–Kier alpha value is -2.67. The maximum Gasteiger partial charge on any atom is 0.211 e. The van der Waals surface area contributed by atoms with E-state index in [9.17, 15) is 13.2 Å². The van der Waals surface area contributed by atoms with Gasteiger partial charge in [-0.1, -0.05) is 45.2 Å². The summed E-state index contributed by atoms with van der Waals surface area (Å²) < 4.78 is 44.0. The summed E-state index contributed by atoms with van der Waals surface area (Å²) >= 11 is 0. The van der Waals surface area contributed by atoms with Crippen LogP contribution in [-0.2, 0) is 22.8 Å². The molecule has 0 spiro atoms. The van der Waals surface area contributed by atoms with Crippen LogP contribution in [0.3, 0.4) is 0 Å². The van der Waals surface area contributed by atoms with Gasteiger partial charge in [0.1, 0.15) is 10.7 Å². The first-order valence-corrected chi connectivity index (χ1v) is 13.8. The smallest absolute Gasteiger partial charge is 0.211 e. The number of fused-ring (bicyclic) bond motifs is 1. The van der Waals surface area contributed by atoms with Gasteiger partial charge in [-0.25, -0.2) is 12.8 Å². The molecule has 2 aromatic carbocycles. The third kappa shape index (κ3) is 4.76. The van der Waals surface area contributed by atoms with E-state index < -0.39 is 21.1 Å². The molecule has 1 saturated heterocycles. The zero-order valence-corrected chi connectivity index (χ0v) is 20.8. The molecule has 0 unspecified atom stereocenters. The van der Waals surface area contributed by atoms with Gasteiger partial charge in [-0.2, -0.15) is 0 Å². The van der Waals surface area contributed by atoms with Crippen molar-refractivity contribution >= 4 is 26.4 Å². The van der Waals surface area contributed by atoms with E-state index in [1.54, 1.807) is 18.2 Å². The molecular formula is C27H33FN2O3S. The van der Waals surface area contributed by atoms with Crippen LogP contribution in [0.15, 0.2) is 57.2 Å². The molecule has 0 amide bonds. The summed E-state index contributed by atoms with van der Waals surface area (Å²) in [7, 11) is -4.05. The fourth-order valence-corrected chi connectivity index (χ4v) is 6.03. The van der Waals surface area contributed by atoms with Crippen LogP contribution in [0.2, 0.25) is 0 Å². The number of hydrogen-bond acceptors (Lipinski definition) is 4. The zero-order chi connectivity index (χ0) is 24.3. The van der Waals surface area contributed by atoms with Crippen molar-refractivity contribution in [2.75, 3.05) is 18.0 Å². The third-order valence-corrected chi connectivity index (χ3v) is 8.51. The highest BCUT2D eigenvalue weighted by Crippen LogP contribution is 2.29. The topological polar surface area (TPSA) is 59.4 Å². The minimum Gasteiger partial charge on any atom is -0.369 e. The predicted molar refractivity (Wildman–Crippen MR) is 135 cm³/mol. The monoisotopic (exact) mass is 484 g/mol. The van der Waals surface area contributed by atoms with E-state index in [1.807, 2.05) is 11.5 Å². The lowest BCUT2D eigenvalue weighted by Crippen LogP contribution is -2.26. The van der Waals surface area contributed by atoms with Crippen molar-refractivity contribution in [2.45, 2.75) is 75.1 Å². The summed E-state index contributed by atoms with van der Waals surface area (Å²) in [4.78, 5) is 15.2. The highest BCUT2D eigenvalue weighted by molar-refractivity contribution is 7.91. The Bertz CT molecular complexity index is 1320. The van der Waals surface area contributed by atoms with Gasteiger partial charge in [0.2, 0.25) is 15.3 Å². The molecule has 0 atom stereocenters. The van der Waals surface area contributed by atoms with Gasteiger partial charge in [0.15, 0.2) is 0 Å². The minimum absolute atomic E-state index is 0.0739. The Morgan fingerprint density at radius 3 is 2.26 bits per heavy atom. The molecule has 5 nitrogen and oxygen atoms in total. The quantitative estimate of drug-likeness (QED) is 0.431. The molecular weight excluding hydrogens is 451 g/mol. The van der Waals surface area contributed by atoms with Crippen molar-refractivity contribution in [1.29, 1.82) is 0 Å². The largest absolute Gasteiger partial charge is 0.369 e. The standard InChI is InChI=1S/C27H33FN2O3S/c1-3-5-14-30-19-26(34(32,33)21-12-10-20(4-2)11-13-21)27(31)22-17-23(28)25(18-24(22)30)29-15-8-6-7-9-16-29/h10-13,17-19H,3-9,14-16H2,1-2H3. The van der Waals surface area contributed by atoms with E-state index in [0.717, 1.165) is 63.6 Å². The number of rotatable bonds is 7. The molecule has 0 radical (unpaired) electrons. The van der Waals surface area contributed by atoms with Crippen molar-refractivity contribution in [3.63, 3.8) is 0 Å². The van der Waals surface area contributed by atoms with Crippen molar-refractivity contribution in [2.24, 2.45) is 0 Å². The van der Waals surface area contributed by atoms with E-state index in [4.69, 9.17) is 0 Å². The lowest BCUT2D eigenvalue weighted by molar-refractivity contribution is 0.590. The van der Waals surface area contributed by atoms with Crippen LogP contribution >= 0.6 is 0 Å². The zero-order valence-electron chi connectivity index (χ0n) is 20.0. The van der Waals surface area contributed by atoms with Crippen LogP contribution in [0.1, 0.15) is 57.9 Å². The third-order valence-electron chi connectivity index (χ3n) is 6.75. The number of halogens is 1. The average molecular weight is 485 g/mol. The first-order valence-electron chi connectivity index (χ1n) is 12.3. The molecule has 0 bridgehead atoms. The SMILES string of the molecule is CCCCn1cc(S(=O)(=O)c2ccc(CC)cc2)c(=O)c2cc(F)c(N3CCCCCC3)cc21. The number of aryl methyl sites for hydroxylation is 2. The Labute approximate surface area is 201 Å². The minimum atomic E-state index is -4.05. The number of unbranched alkanes of at least 4 members (excludes halogenated alkanes) is 1. The van der Waals surface area contributed by atoms with Crippen LogP contribution in [0.25, 0.3) is 10.9 Å². The van der Waals surface area contributed by atoms with Crippen molar-refractivity contribution in [3.05, 3.63) is 64.2 Å². The molecule has 7 heteroatoms. The lowest BCUT2D eigenvalue weighted by Gasteiger charge is -2.24. The molecule has 1 aromatic heterocycles. The summed E-state index contributed by atoms with van der Waals surface area (Å²) in [6.45, 7) is 6.16. The number of aromatic nitrogens is 1. The number of sulfone groups is 1. The molecule has 1 fully saturated rings. The van der Waals surface area contributed by atoms with Gasteiger partial charge in [-0.3, -0.25) is 4.79 Å². The van der Waals surface area contributed by atoms with Crippen LogP contribution < -0.4 is 10.3 Å². The Kier molecular flexibility index (Phi) is 7.41. The summed E-state index contributed by atoms with van der Waals surface area (Å²) in [5.41, 5.74) is 1.44. The number of benzene rings is 2. The Morgan fingerprint density at radius 2 is 1.65 bits per heavy atom. The van der Waals surface area contributed by atoms with Gasteiger partial charge < -0.3 is 9.47 Å². The van der Waals surface area contributed by atoms with E-state index >= 15 is 4.39 Å². The highest BCUT2D eigenvalue weighted by atomic mass is 32.2. The summed E-state index contributed by atoms with van der Waals surface area (Å²) in [6, 6.07) is 9.57. The van der Waals surface area contributed by atoms with Crippen molar-refractivity contribution < 1.29 is 12.8 Å². The van der Waals surface area contributed by atoms with E-state index in [1.165, 1.54) is 24.4 Å². The predicted octanol–water partition coefficient (Wildman–Crippen LogP) is 5.72. The maximum absolute atomic E-state index is 15.3. The second-order valence-electron chi connectivity index (χ2n) is 9.09. The molecule has 0 N–H and O–H groups in total. The normalized spacial score (nSPS) is 15.0. The molecule has 3 aromatic rings. The lowest BCUT2D eigenvalue weighted by atomic mass is 10.1. The number of pyridine rings is 1. The van der Waals surface area contributed by atoms with Crippen molar-refractivity contribution in [3.8, 4) is 0 Å². The molecule has 1 aliphatic rings. The number of nitrogens with zero attached hydrogens (tertiary/aromatic N) is 2. The van der Waals surface area contributed by atoms with Gasteiger partial charge in [-0.15, -0.1) is 0 Å².